The second-order valence-corrected chi connectivity index (χ2v) is 7.19. The summed E-state index contributed by atoms with van der Waals surface area (Å²) < 4.78 is 21.1. The number of carbonyl (C=O) groups excluding carboxylic acids is 1. The molecule has 1 saturated heterocycles. The van der Waals surface area contributed by atoms with Crippen molar-refractivity contribution in [3.63, 3.8) is 0 Å². The van der Waals surface area contributed by atoms with Gasteiger partial charge in [0, 0.05) is 45.5 Å². The van der Waals surface area contributed by atoms with Gasteiger partial charge in [-0.1, -0.05) is 5.16 Å². The van der Waals surface area contributed by atoms with E-state index >= 15 is 0 Å². The average molecular weight is 404 g/mol. The van der Waals surface area contributed by atoms with Gasteiger partial charge >= 0.3 is 6.03 Å². The van der Waals surface area contributed by atoms with Crippen LogP contribution in [0.2, 0.25) is 0 Å². The molecule has 0 saturated carbocycles. The number of aryl methyl sites for hydroxylation is 1. The molecule has 158 valence electrons. The fraction of sp³-hybridized carbons (Fsp3) is 0.550. The highest BCUT2D eigenvalue weighted by Crippen LogP contribution is 2.36. The van der Waals surface area contributed by atoms with Crippen LogP contribution in [0.1, 0.15) is 31.0 Å². The fourth-order valence-electron chi connectivity index (χ4n) is 3.73. The van der Waals surface area contributed by atoms with Crippen LogP contribution in [0.4, 0.5) is 10.5 Å². The van der Waals surface area contributed by atoms with Crippen LogP contribution < -0.4 is 14.8 Å². The molecule has 1 aromatic carbocycles. The summed E-state index contributed by atoms with van der Waals surface area (Å²) in [4.78, 5) is 19.2. The maximum atomic E-state index is 13.0. The van der Waals surface area contributed by atoms with Crippen LogP contribution in [0, 0.1) is 6.92 Å². The minimum atomic E-state index is -0.388. The summed E-state index contributed by atoms with van der Waals surface area (Å²) in [5, 5.41) is 7.10. The Morgan fingerprint density at radius 3 is 2.72 bits per heavy atom. The van der Waals surface area contributed by atoms with Crippen molar-refractivity contribution in [2.24, 2.45) is 0 Å². The van der Waals surface area contributed by atoms with E-state index in [1.54, 1.807) is 51.4 Å². The van der Waals surface area contributed by atoms with Crippen LogP contribution in [0.15, 0.2) is 22.7 Å². The first-order valence-corrected chi connectivity index (χ1v) is 9.59. The number of urea groups is 1. The molecular weight excluding hydrogens is 376 g/mol. The quantitative estimate of drug-likeness (QED) is 0.757. The number of nitrogens with one attached hydrogen (secondary N) is 1. The van der Waals surface area contributed by atoms with E-state index < -0.39 is 0 Å². The van der Waals surface area contributed by atoms with Crippen molar-refractivity contribution in [1.29, 1.82) is 0 Å². The van der Waals surface area contributed by atoms with Crippen LogP contribution in [-0.2, 0) is 10.2 Å². The van der Waals surface area contributed by atoms with Crippen molar-refractivity contribution in [3.05, 3.63) is 29.9 Å². The number of ether oxygens (including phenoxy) is 3. The largest absolute Gasteiger partial charge is 0.493 e. The van der Waals surface area contributed by atoms with E-state index in [4.69, 9.17) is 18.7 Å². The first-order chi connectivity index (χ1) is 14.0. The third-order valence-corrected chi connectivity index (χ3v) is 5.29. The maximum absolute atomic E-state index is 13.0. The Morgan fingerprint density at radius 2 is 2.07 bits per heavy atom. The van der Waals surface area contributed by atoms with E-state index in [1.807, 2.05) is 0 Å². The standard InChI is InChI=1S/C20H28N4O5/c1-14-21-18(23-29-14)20(9-11-26-2)8-5-10-24(13-20)19(25)22-15-6-7-16(27-3)17(12-15)28-4/h6-7,12H,5,8-11,13H2,1-4H3,(H,22,25). The first kappa shape index (κ1) is 20.9. The van der Waals surface area contributed by atoms with Gasteiger partial charge in [-0.25, -0.2) is 4.79 Å². The maximum Gasteiger partial charge on any atom is 0.321 e. The molecule has 3 rings (SSSR count). The Bertz CT molecular complexity index is 840. The number of rotatable bonds is 7. The zero-order valence-corrected chi connectivity index (χ0v) is 17.4. The molecule has 1 aromatic heterocycles. The predicted molar refractivity (Wildman–Crippen MR) is 107 cm³/mol. The summed E-state index contributed by atoms with van der Waals surface area (Å²) in [6.07, 6.45) is 2.43. The van der Waals surface area contributed by atoms with E-state index in [2.05, 4.69) is 15.5 Å². The molecule has 1 N–H and O–H groups in total. The van der Waals surface area contributed by atoms with E-state index in [0.29, 0.717) is 55.0 Å². The summed E-state index contributed by atoms with van der Waals surface area (Å²) in [6.45, 7) is 3.47. The number of methoxy groups -OCH3 is 3. The van der Waals surface area contributed by atoms with Crippen LogP contribution in [0.3, 0.4) is 0 Å². The Morgan fingerprint density at radius 1 is 1.28 bits per heavy atom. The molecule has 0 bridgehead atoms. The molecule has 0 spiro atoms. The number of likely N-dealkylation sites (tertiary alicyclic amines) is 1. The van der Waals surface area contributed by atoms with Gasteiger partial charge in [-0.05, 0) is 31.4 Å². The molecule has 1 fully saturated rings. The fourth-order valence-corrected chi connectivity index (χ4v) is 3.73. The summed E-state index contributed by atoms with van der Waals surface area (Å²) in [7, 11) is 4.80. The van der Waals surface area contributed by atoms with Gasteiger partial charge in [0.1, 0.15) is 0 Å². The highest BCUT2D eigenvalue weighted by molar-refractivity contribution is 5.90. The third-order valence-electron chi connectivity index (χ3n) is 5.29. The first-order valence-electron chi connectivity index (χ1n) is 9.59. The van der Waals surface area contributed by atoms with Crippen molar-refractivity contribution in [3.8, 4) is 11.5 Å². The predicted octanol–water partition coefficient (Wildman–Crippen LogP) is 3.00. The van der Waals surface area contributed by atoms with Crippen LogP contribution in [-0.4, -0.2) is 62.1 Å². The van der Waals surface area contributed by atoms with Gasteiger partial charge in [0.05, 0.1) is 19.6 Å². The minimum Gasteiger partial charge on any atom is -0.493 e. The Hall–Kier alpha value is -2.81. The van der Waals surface area contributed by atoms with Crippen molar-refractivity contribution >= 4 is 11.7 Å². The van der Waals surface area contributed by atoms with Crippen molar-refractivity contribution < 1.29 is 23.5 Å². The number of benzene rings is 1. The van der Waals surface area contributed by atoms with Gasteiger partial charge < -0.3 is 29.0 Å². The molecule has 9 nitrogen and oxygen atoms in total. The minimum absolute atomic E-state index is 0.182. The van der Waals surface area contributed by atoms with Crippen molar-refractivity contribution in [2.75, 3.05) is 46.3 Å². The van der Waals surface area contributed by atoms with Crippen LogP contribution in [0.25, 0.3) is 0 Å². The van der Waals surface area contributed by atoms with Crippen LogP contribution in [0.5, 0.6) is 11.5 Å². The van der Waals surface area contributed by atoms with E-state index in [1.165, 1.54) is 0 Å². The third kappa shape index (κ3) is 4.61. The zero-order valence-electron chi connectivity index (χ0n) is 17.4. The number of nitrogens with zero attached hydrogens (tertiary/aromatic N) is 3. The average Bonchev–Trinajstić information content (AvgIpc) is 3.19. The summed E-state index contributed by atoms with van der Waals surface area (Å²) >= 11 is 0. The second kappa shape index (κ2) is 9.13. The lowest BCUT2D eigenvalue weighted by molar-refractivity contribution is 0.111. The molecule has 29 heavy (non-hydrogen) atoms. The summed E-state index contributed by atoms with van der Waals surface area (Å²) in [5.74, 6) is 2.31. The molecule has 1 aliphatic rings. The van der Waals surface area contributed by atoms with E-state index in [0.717, 1.165) is 12.8 Å². The Labute approximate surface area is 170 Å². The summed E-state index contributed by atoms with van der Waals surface area (Å²) in [5.41, 5.74) is 0.247. The number of piperidine rings is 1. The Balaban J connectivity index is 1.77. The molecule has 9 heteroatoms. The molecule has 0 radical (unpaired) electrons. The molecule has 1 aliphatic heterocycles. The molecule has 2 aromatic rings. The molecule has 0 aliphatic carbocycles. The molecular formula is C20H28N4O5. The van der Waals surface area contributed by atoms with E-state index in [-0.39, 0.29) is 11.4 Å². The number of carbonyl (C=O) groups is 1. The van der Waals surface area contributed by atoms with Crippen LogP contribution >= 0.6 is 0 Å². The lowest BCUT2D eigenvalue weighted by Crippen LogP contribution is -2.50. The van der Waals surface area contributed by atoms with Crippen molar-refractivity contribution in [2.45, 2.75) is 31.6 Å². The second-order valence-electron chi connectivity index (χ2n) is 7.19. The summed E-state index contributed by atoms with van der Waals surface area (Å²) in [6, 6.07) is 5.10. The SMILES string of the molecule is COCCC1(c2noc(C)n2)CCCN(C(=O)Nc2ccc(OC)c(OC)c2)C1. The van der Waals surface area contributed by atoms with Gasteiger partial charge in [0.2, 0.25) is 5.89 Å². The van der Waals surface area contributed by atoms with Gasteiger partial charge in [-0.3, -0.25) is 0 Å². The van der Waals surface area contributed by atoms with Gasteiger partial charge in [0.25, 0.3) is 0 Å². The number of anilines is 1. The lowest BCUT2D eigenvalue weighted by Gasteiger charge is -2.40. The molecule has 1 unspecified atom stereocenters. The van der Waals surface area contributed by atoms with Gasteiger partial charge in [-0.2, -0.15) is 4.98 Å². The highest BCUT2D eigenvalue weighted by Gasteiger charge is 2.42. The highest BCUT2D eigenvalue weighted by atomic mass is 16.5. The van der Waals surface area contributed by atoms with Crippen molar-refractivity contribution in [1.82, 2.24) is 15.0 Å². The monoisotopic (exact) mass is 404 g/mol. The lowest BCUT2D eigenvalue weighted by atomic mass is 9.76. The van der Waals surface area contributed by atoms with Gasteiger partial charge in [0.15, 0.2) is 17.3 Å². The zero-order chi connectivity index (χ0) is 20.9. The van der Waals surface area contributed by atoms with E-state index in [9.17, 15) is 4.79 Å². The Kier molecular flexibility index (Phi) is 6.58. The number of hydrogen-bond donors (Lipinski definition) is 1. The molecule has 2 heterocycles. The number of amides is 2. The number of hydrogen-bond acceptors (Lipinski definition) is 7. The molecule has 2 amide bonds. The normalized spacial score (nSPS) is 19.1. The number of aromatic nitrogens is 2. The molecule has 1 atom stereocenters. The smallest absolute Gasteiger partial charge is 0.321 e. The topological polar surface area (TPSA) is 99.0 Å². The van der Waals surface area contributed by atoms with Gasteiger partial charge in [-0.15, -0.1) is 0 Å².